The number of amides is 2. The minimum absolute atomic E-state index is 0.157. The Labute approximate surface area is 205 Å². The Hall–Kier alpha value is -3.43. The van der Waals surface area contributed by atoms with Gasteiger partial charge >= 0.3 is 0 Å². The van der Waals surface area contributed by atoms with Crippen molar-refractivity contribution in [2.75, 3.05) is 12.0 Å². The number of imide groups is 1. The fourth-order valence-corrected chi connectivity index (χ4v) is 6.57. The lowest BCUT2D eigenvalue weighted by Crippen LogP contribution is -2.45. The summed E-state index contributed by atoms with van der Waals surface area (Å²) in [6.07, 6.45) is 1.17. The molecule has 1 aliphatic heterocycles. The lowest BCUT2D eigenvalue weighted by molar-refractivity contribution is -0.122. The van der Waals surface area contributed by atoms with Gasteiger partial charge in [0.15, 0.2) is 0 Å². The monoisotopic (exact) mass is 496 g/mol. The zero-order valence-electron chi connectivity index (χ0n) is 20.4. The van der Waals surface area contributed by atoms with Gasteiger partial charge in [-0.25, -0.2) is 13.3 Å². The summed E-state index contributed by atoms with van der Waals surface area (Å²) >= 11 is 0. The van der Waals surface area contributed by atoms with E-state index in [9.17, 15) is 18.0 Å². The molecule has 8 nitrogen and oxygen atoms in total. The van der Waals surface area contributed by atoms with Gasteiger partial charge in [0.1, 0.15) is 17.6 Å². The second kappa shape index (κ2) is 9.31. The lowest BCUT2D eigenvalue weighted by Gasteiger charge is -2.28. The van der Waals surface area contributed by atoms with Crippen molar-refractivity contribution in [1.29, 1.82) is 0 Å². The van der Waals surface area contributed by atoms with Crippen LogP contribution < -0.4 is 9.64 Å². The number of furan rings is 1. The fourth-order valence-electron chi connectivity index (χ4n) is 4.45. The summed E-state index contributed by atoms with van der Waals surface area (Å²) in [5, 5.41) is 0. The number of carbonyl (C=O) groups is 2. The van der Waals surface area contributed by atoms with Crippen LogP contribution in [0, 0.1) is 27.7 Å². The number of rotatable bonds is 7. The van der Waals surface area contributed by atoms with Crippen LogP contribution in [-0.2, 0) is 26.2 Å². The minimum atomic E-state index is -4.19. The first-order chi connectivity index (χ1) is 16.6. The van der Waals surface area contributed by atoms with Gasteiger partial charge in [-0.3, -0.25) is 9.59 Å². The zero-order chi connectivity index (χ0) is 25.5. The molecule has 1 fully saturated rings. The van der Waals surface area contributed by atoms with Gasteiger partial charge in [-0.05, 0) is 86.3 Å². The van der Waals surface area contributed by atoms with Crippen LogP contribution in [0.1, 0.15) is 34.4 Å². The molecular weight excluding hydrogens is 468 g/mol. The highest BCUT2D eigenvalue weighted by molar-refractivity contribution is 7.89. The Bertz CT molecular complexity index is 1350. The highest BCUT2D eigenvalue weighted by Gasteiger charge is 2.48. The van der Waals surface area contributed by atoms with Gasteiger partial charge in [-0.2, -0.15) is 4.31 Å². The van der Waals surface area contributed by atoms with E-state index in [0.717, 1.165) is 20.3 Å². The number of aryl methyl sites for hydroxylation is 2. The van der Waals surface area contributed by atoms with Crippen LogP contribution in [-0.4, -0.2) is 37.7 Å². The first kappa shape index (κ1) is 24.7. The van der Waals surface area contributed by atoms with Crippen molar-refractivity contribution < 1.29 is 27.2 Å². The molecule has 3 aromatic rings. The van der Waals surface area contributed by atoms with Gasteiger partial charge < -0.3 is 9.15 Å². The molecule has 2 aromatic carbocycles. The predicted octanol–water partition coefficient (Wildman–Crippen LogP) is 4.04. The van der Waals surface area contributed by atoms with Crippen molar-refractivity contribution in [2.45, 2.75) is 51.6 Å². The Morgan fingerprint density at radius 3 is 2.20 bits per heavy atom. The molecule has 0 N–H and O–H groups in total. The molecule has 0 bridgehead atoms. The second-order valence-electron chi connectivity index (χ2n) is 8.70. The number of anilines is 1. The SMILES string of the molecule is COc1ccc(N2C(=O)CC(N(Cc3ccco3)S(=O)(=O)c3c(C)c(C)cc(C)c3C)C2=O)cc1. The number of methoxy groups -OCH3 is 1. The summed E-state index contributed by atoms with van der Waals surface area (Å²) in [6.45, 7) is 7.04. The molecule has 2 amide bonds. The summed E-state index contributed by atoms with van der Waals surface area (Å²) in [7, 11) is -2.67. The topological polar surface area (TPSA) is 97.1 Å². The molecule has 1 saturated heterocycles. The van der Waals surface area contributed by atoms with Crippen molar-refractivity contribution in [3.8, 4) is 5.75 Å². The molecule has 9 heteroatoms. The first-order valence-electron chi connectivity index (χ1n) is 11.2. The van der Waals surface area contributed by atoms with E-state index in [4.69, 9.17) is 9.15 Å². The summed E-state index contributed by atoms with van der Waals surface area (Å²) in [5.41, 5.74) is 3.25. The van der Waals surface area contributed by atoms with Gasteiger partial charge in [-0.1, -0.05) is 6.07 Å². The number of ether oxygens (including phenoxy) is 1. The van der Waals surface area contributed by atoms with Crippen molar-refractivity contribution >= 4 is 27.5 Å². The lowest BCUT2D eigenvalue weighted by atomic mass is 10.0. The molecule has 35 heavy (non-hydrogen) atoms. The molecule has 1 unspecified atom stereocenters. The average molecular weight is 497 g/mol. The molecule has 0 saturated carbocycles. The fraction of sp³-hybridized carbons (Fsp3) is 0.308. The van der Waals surface area contributed by atoms with E-state index in [1.165, 1.54) is 13.4 Å². The molecule has 0 radical (unpaired) electrons. The quantitative estimate of drug-likeness (QED) is 0.458. The summed E-state index contributed by atoms with van der Waals surface area (Å²) in [5.74, 6) is -0.128. The van der Waals surface area contributed by atoms with E-state index in [2.05, 4.69) is 0 Å². The highest BCUT2D eigenvalue weighted by atomic mass is 32.2. The van der Waals surface area contributed by atoms with Gasteiger partial charge in [-0.15, -0.1) is 0 Å². The van der Waals surface area contributed by atoms with Gasteiger partial charge in [0.2, 0.25) is 15.9 Å². The summed E-state index contributed by atoms with van der Waals surface area (Å²) in [4.78, 5) is 27.7. The van der Waals surface area contributed by atoms with Crippen LogP contribution in [0.4, 0.5) is 5.69 Å². The Balaban J connectivity index is 1.81. The van der Waals surface area contributed by atoms with E-state index in [1.807, 2.05) is 19.9 Å². The number of hydrogen-bond donors (Lipinski definition) is 0. The third kappa shape index (κ3) is 4.37. The molecule has 1 aliphatic rings. The highest BCUT2D eigenvalue weighted by Crippen LogP contribution is 2.35. The third-order valence-electron chi connectivity index (χ3n) is 6.56. The number of sulfonamides is 1. The van der Waals surface area contributed by atoms with Crippen molar-refractivity contribution in [2.24, 2.45) is 0 Å². The van der Waals surface area contributed by atoms with Crippen LogP contribution in [0.25, 0.3) is 0 Å². The van der Waals surface area contributed by atoms with Crippen molar-refractivity contribution in [3.63, 3.8) is 0 Å². The molecule has 0 aliphatic carbocycles. The normalized spacial score (nSPS) is 16.4. The number of nitrogens with zero attached hydrogens (tertiary/aromatic N) is 2. The van der Waals surface area contributed by atoms with Crippen molar-refractivity contribution in [1.82, 2.24) is 4.31 Å². The van der Waals surface area contributed by atoms with Crippen LogP contribution in [0.15, 0.2) is 58.0 Å². The smallest absolute Gasteiger partial charge is 0.252 e. The third-order valence-corrected chi connectivity index (χ3v) is 8.69. The van der Waals surface area contributed by atoms with Gasteiger partial charge in [0.25, 0.3) is 5.91 Å². The largest absolute Gasteiger partial charge is 0.497 e. The van der Waals surface area contributed by atoms with E-state index in [0.29, 0.717) is 28.3 Å². The number of benzene rings is 2. The predicted molar refractivity (Wildman–Crippen MR) is 131 cm³/mol. The first-order valence-corrected chi connectivity index (χ1v) is 12.6. The van der Waals surface area contributed by atoms with Crippen LogP contribution in [0.2, 0.25) is 0 Å². The number of hydrogen-bond acceptors (Lipinski definition) is 6. The molecule has 4 rings (SSSR count). The Morgan fingerprint density at radius 1 is 1.03 bits per heavy atom. The van der Waals surface area contributed by atoms with Crippen molar-refractivity contribution in [3.05, 3.63) is 76.7 Å². The van der Waals surface area contributed by atoms with Gasteiger partial charge in [0, 0.05) is 0 Å². The molecule has 0 spiro atoms. The maximum Gasteiger partial charge on any atom is 0.252 e. The van der Waals surface area contributed by atoms with E-state index in [1.54, 1.807) is 50.2 Å². The molecular formula is C26H28N2O6S. The molecule has 184 valence electrons. The summed E-state index contributed by atoms with van der Waals surface area (Å²) < 4.78 is 40.0. The number of carbonyl (C=O) groups excluding carboxylic acids is 2. The second-order valence-corrected chi connectivity index (χ2v) is 10.5. The average Bonchev–Trinajstić information content (AvgIpc) is 3.43. The van der Waals surface area contributed by atoms with Crippen LogP contribution in [0.3, 0.4) is 0 Å². The van der Waals surface area contributed by atoms with E-state index < -0.39 is 27.9 Å². The summed E-state index contributed by atoms with van der Waals surface area (Å²) in [6, 6.07) is 10.5. The van der Waals surface area contributed by atoms with Crippen LogP contribution >= 0.6 is 0 Å². The van der Waals surface area contributed by atoms with Crippen LogP contribution in [0.5, 0.6) is 5.75 Å². The maximum absolute atomic E-state index is 14.2. The van der Waals surface area contributed by atoms with E-state index >= 15 is 0 Å². The van der Waals surface area contributed by atoms with Gasteiger partial charge in [0.05, 0.1) is 36.9 Å². The minimum Gasteiger partial charge on any atom is -0.497 e. The maximum atomic E-state index is 14.2. The van der Waals surface area contributed by atoms with E-state index in [-0.39, 0.29) is 17.9 Å². The molecule has 2 heterocycles. The standard InChI is InChI=1S/C26H28N2O6S/c1-16-13-17(2)19(4)25(18(16)3)35(31,32)27(15-22-7-6-12-34-22)23-14-24(29)28(26(23)30)20-8-10-21(33-5)11-9-20/h6-13,23H,14-15H2,1-5H3. The molecule has 1 aromatic heterocycles. The Kier molecular flexibility index (Phi) is 6.57. The Morgan fingerprint density at radius 2 is 1.66 bits per heavy atom. The zero-order valence-corrected chi connectivity index (χ0v) is 21.2. The molecule has 1 atom stereocenters.